The van der Waals surface area contributed by atoms with Gasteiger partial charge in [-0.15, -0.1) is 0 Å². The molecule has 2 rings (SSSR count). The minimum Gasteiger partial charge on any atom is -0.456 e. The molecule has 0 aromatic heterocycles. The topological polar surface area (TPSA) is 118 Å². The number of unbranched alkanes of at least 4 members (excludes halogenated alkanes) is 14. The molecule has 0 unspecified atom stereocenters. The highest BCUT2D eigenvalue weighted by molar-refractivity contribution is 7.86. The summed E-state index contributed by atoms with van der Waals surface area (Å²) in [5.41, 5.74) is 1.56. The first-order chi connectivity index (χ1) is 19.6. The monoisotopic (exact) mass is 610 g/mol. The van der Waals surface area contributed by atoms with Crippen molar-refractivity contribution < 1.29 is 30.7 Å². The molecule has 0 bridgehead atoms. The predicted molar refractivity (Wildman–Crippen MR) is 165 cm³/mol. The van der Waals surface area contributed by atoms with Gasteiger partial charge < -0.3 is 4.74 Å². The quantitative estimate of drug-likeness (QED) is 0.101. The van der Waals surface area contributed by atoms with Crippen LogP contribution in [-0.4, -0.2) is 25.9 Å². The Balaban J connectivity index is 2.21. The molecule has 2 aromatic carbocycles. The van der Waals surface area contributed by atoms with Crippen LogP contribution in [0, 0.1) is 0 Å². The highest BCUT2D eigenvalue weighted by Gasteiger charge is 2.23. The van der Waals surface area contributed by atoms with Gasteiger partial charge in [0.2, 0.25) is 0 Å². The Hall–Kier alpha value is -1.94. The Kier molecular flexibility index (Phi) is 16.0. The first-order valence-electron chi connectivity index (χ1n) is 15.4. The molecule has 41 heavy (non-hydrogen) atoms. The first-order valence-corrected chi connectivity index (χ1v) is 18.3. The van der Waals surface area contributed by atoms with Crippen LogP contribution in [0.25, 0.3) is 0 Å². The zero-order valence-electron chi connectivity index (χ0n) is 24.9. The summed E-state index contributed by atoms with van der Waals surface area (Å²) in [6.07, 6.45) is 19.8. The lowest BCUT2D eigenvalue weighted by molar-refractivity contribution is 0.443. The van der Waals surface area contributed by atoms with Crippen LogP contribution in [0.3, 0.4) is 0 Å². The van der Waals surface area contributed by atoms with Gasteiger partial charge in [-0.3, -0.25) is 9.11 Å². The van der Waals surface area contributed by atoms with Gasteiger partial charge in [0.15, 0.2) is 5.75 Å². The van der Waals surface area contributed by atoms with Crippen LogP contribution in [0.1, 0.15) is 128 Å². The van der Waals surface area contributed by atoms with Crippen molar-refractivity contribution in [2.24, 2.45) is 0 Å². The Morgan fingerprint density at radius 2 is 1.05 bits per heavy atom. The third-order valence-electron chi connectivity index (χ3n) is 7.43. The van der Waals surface area contributed by atoms with Crippen molar-refractivity contribution in [3.05, 3.63) is 47.5 Å². The van der Waals surface area contributed by atoms with Gasteiger partial charge in [-0.1, -0.05) is 110 Å². The summed E-state index contributed by atoms with van der Waals surface area (Å²) in [7, 11) is -8.96. The number of benzene rings is 2. The maximum atomic E-state index is 12.5. The van der Waals surface area contributed by atoms with E-state index in [1.54, 1.807) is 0 Å². The zero-order chi connectivity index (χ0) is 30.1. The number of hydrogen-bond donors (Lipinski definition) is 2. The average Bonchev–Trinajstić information content (AvgIpc) is 2.91. The molecule has 0 heterocycles. The van der Waals surface area contributed by atoms with Crippen LogP contribution in [0.2, 0.25) is 0 Å². The molecule has 2 N–H and O–H groups in total. The van der Waals surface area contributed by atoms with Gasteiger partial charge in [0.1, 0.15) is 10.6 Å². The van der Waals surface area contributed by atoms with E-state index in [1.807, 2.05) is 6.07 Å². The van der Waals surface area contributed by atoms with Crippen molar-refractivity contribution in [3.8, 4) is 11.5 Å². The van der Waals surface area contributed by atoms with E-state index in [-0.39, 0.29) is 21.3 Å². The van der Waals surface area contributed by atoms with Gasteiger partial charge in [0, 0.05) is 0 Å². The lowest BCUT2D eigenvalue weighted by Gasteiger charge is -2.17. The normalized spacial score (nSPS) is 12.1. The molecule has 0 saturated carbocycles. The Morgan fingerprint density at radius 1 is 0.585 bits per heavy atom. The van der Waals surface area contributed by atoms with Crippen LogP contribution in [-0.2, 0) is 33.1 Å². The number of aryl methyl sites for hydroxylation is 2. The number of hydrogen-bond acceptors (Lipinski definition) is 5. The van der Waals surface area contributed by atoms with Crippen molar-refractivity contribution in [2.75, 3.05) is 0 Å². The minimum absolute atomic E-state index is 0.0646. The molecule has 0 aliphatic carbocycles. The third-order valence-corrected chi connectivity index (χ3v) is 9.16. The molecule has 7 nitrogen and oxygen atoms in total. The number of rotatable bonds is 22. The second-order valence-corrected chi connectivity index (χ2v) is 13.9. The van der Waals surface area contributed by atoms with Gasteiger partial charge in [-0.2, -0.15) is 16.8 Å². The van der Waals surface area contributed by atoms with Crippen molar-refractivity contribution >= 4 is 20.2 Å². The summed E-state index contributed by atoms with van der Waals surface area (Å²) < 4.78 is 73.2. The van der Waals surface area contributed by atoms with Crippen LogP contribution in [0.15, 0.2) is 46.2 Å². The SMILES string of the molecule is CCCCCCCCCCc1cc(CCCCCCCCCC)c(Oc2ccc(S(=O)(=O)O)cc2)c(S(=O)(=O)O)c1. The van der Waals surface area contributed by atoms with E-state index in [0.29, 0.717) is 18.4 Å². The van der Waals surface area contributed by atoms with Crippen molar-refractivity contribution in [1.29, 1.82) is 0 Å². The fourth-order valence-corrected chi connectivity index (χ4v) is 6.26. The zero-order valence-corrected chi connectivity index (χ0v) is 26.6. The standard InChI is InChI=1S/C32H50O7S2/c1-3-5-7-9-11-13-15-17-19-27-25-28(20-18-16-14-12-10-8-6-4-2)32(31(26-27)41(36,37)38)39-29-21-23-30(24-22-29)40(33,34)35/h21-26H,3-20H2,1-2H3,(H,33,34,35)(H,36,37,38). The van der Waals surface area contributed by atoms with Crippen LogP contribution >= 0.6 is 0 Å². The summed E-state index contributed by atoms with van der Waals surface area (Å²) >= 11 is 0. The Bertz CT molecular complexity index is 1240. The number of ether oxygens (including phenoxy) is 1. The van der Waals surface area contributed by atoms with Gasteiger partial charge in [-0.05, 0) is 67.1 Å². The second-order valence-electron chi connectivity index (χ2n) is 11.1. The van der Waals surface area contributed by atoms with Gasteiger partial charge in [0.25, 0.3) is 20.2 Å². The maximum absolute atomic E-state index is 12.5. The molecule has 2 aromatic rings. The van der Waals surface area contributed by atoms with E-state index < -0.39 is 20.2 Å². The average molecular weight is 611 g/mol. The van der Waals surface area contributed by atoms with Crippen molar-refractivity contribution in [3.63, 3.8) is 0 Å². The molecule has 0 aliphatic heterocycles. The van der Waals surface area contributed by atoms with Crippen LogP contribution < -0.4 is 4.74 Å². The van der Waals surface area contributed by atoms with E-state index in [1.165, 1.54) is 94.5 Å². The summed E-state index contributed by atoms with van der Waals surface area (Å²) in [4.78, 5) is -0.567. The summed E-state index contributed by atoms with van der Waals surface area (Å²) in [6.45, 7) is 4.41. The maximum Gasteiger partial charge on any atom is 0.298 e. The Morgan fingerprint density at radius 3 is 1.51 bits per heavy atom. The molecule has 0 radical (unpaired) electrons. The van der Waals surface area contributed by atoms with Gasteiger partial charge >= 0.3 is 0 Å². The molecule has 232 valence electrons. The molecule has 0 atom stereocenters. The summed E-state index contributed by atoms with van der Waals surface area (Å²) in [5.74, 6) is 0.269. The lowest BCUT2D eigenvalue weighted by atomic mass is 9.98. The van der Waals surface area contributed by atoms with E-state index in [2.05, 4.69) is 13.8 Å². The van der Waals surface area contributed by atoms with E-state index in [4.69, 9.17) is 4.74 Å². The van der Waals surface area contributed by atoms with E-state index in [0.717, 1.165) is 44.1 Å². The third kappa shape index (κ3) is 13.7. The van der Waals surface area contributed by atoms with Crippen LogP contribution in [0.5, 0.6) is 11.5 Å². The van der Waals surface area contributed by atoms with Crippen molar-refractivity contribution in [2.45, 2.75) is 139 Å². The lowest BCUT2D eigenvalue weighted by Crippen LogP contribution is -2.06. The molecule has 0 fully saturated rings. The van der Waals surface area contributed by atoms with Crippen molar-refractivity contribution in [1.82, 2.24) is 0 Å². The van der Waals surface area contributed by atoms with Gasteiger partial charge in [0.05, 0.1) is 4.90 Å². The second kappa shape index (κ2) is 18.6. The highest BCUT2D eigenvalue weighted by Crippen LogP contribution is 2.36. The first kappa shape index (κ1) is 35.3. The van der Waals surface area contributed by atoms with Crippen LogP contribution in [0.4, 0.5) is 0 Å². The van der Waals surface area contributed by atoms with E-state index in [9.17, 15) is 25.9 Å². The fourth-order valence-electron chi connectivity index (χ4n) is 5.07. The molecule has 0 aliphatic rings. The molecular formula is C32H50O7S2. The summed E-state index contributed by atoms with van der Waals surface area (Å²) in [5, 5.41) is 0. The molecule has 0 amide bonds. The molecule has 9 heteroatoms. The van der Waals surface area contributed by atoms with Gasteiger partial charge in [-0.25, -0.2) is 0 Å². The summed E-state index contributed by atoms with van der Waals surface area (Å²) in [6, 6.07) is 8.56. The smallest absolute Gasteiger partial charge is 0.298 e. The Labute approximate surface area is 248 Å². The predicted octanol–water partition coefficient (Wildman–Crippen LogP) is 9.34. The highest BCUT2D eigenvalue weighted by atomic mass is 32.2. The molecule has 0 saturated heterocycles. The van der Waals surface area contributed by atoms with E-state index >= 15 is 0 Å². The minimum atomic E-state index is -4.59. The fraction of sp³-hybridized carbons (Fsp3) is 0.625. The largest absolute Gasteiger partial charge is 0.456 e. The molecular weight excluding hydrogens is 560 g/mol. The molecule has 0 spiro atoms.